The van der Waals surface area contributed by atoms with E-state index in [0.717, 1.165) is 12.0 Å². The summed E-state index contributed by atoms with van der Waals surface area (Å²) in [7, 11) is -0.973. The van der Waals surface area contributed by atoms with E-state index in [-0.39, 0.29) is 24.4 Å². The third kappa shape index (κ3) is 6.04. The highest BCUT2D eigenvalue weighted by atomic mass is 35.5. The number of rotatable bonds is 7. The molecule has 7 heteroatoms. The number of halogens is 1. The molecule has 1 amide bonds. The van der Waals surface area contributed by atoms with Gasteiger partial charge in [0.15, 0.2) is 0 Å². The number of carbonyl (C=O) groups is 1. The highest BCUT2D eigenvalue weighted by Crippen LogP contribution is 2.18. The zero-order valence-corrected chi connectivity index (χ0v) is 14.0. The van der Waals surface area contributed by atoms with Gasteiger partial charge in [-0.3, -0.25) is 9.00 Å². The van der Waals surface area contributed by atoms with E-state index in [4.69, 9.17) is 10.5 Å². The quantitative estimate of drug-likeness (QED) is 0.771. The fraction of sp³-hybridized carbons (Fsp3) is 0.533. The first-order valence-corrected chi connectivity index (χ1v) is 8.70. The summed E-state index contributed by atoms with van der Waals surface area (Å²) in [5.74, 6) is 0.849. The monoisotopic (exact) mass is 346 g/mol. The van der Waals surface area contributed by atoms with Crippen LogP contribution >= 0.6 is 12.4 Å². The van der Waals surface area contributed by atoms with Crippen molar-refractivity contribution >= 4 is 29.1 Å². The van der Waals surface area contributed by atoms with Crippen LogP contribution in [0.5, 0.6) is 0 Å². The number of benzene rings is 1. The van der Waals surface area contributed by atoms with Crippen molar-refractivity contribution in [1.29, 1.82) is 0 Å². The van der Waals surface area contributed by atoms with Gasteiger partial charge in [-0.1, -0.05) is 30.3 Å². The molecule has 0 bridgehead atoms. The number of ether oxygens (including phenoxy) is 1. The third-order valence-electron chi connectivity index (χ3n) is 3.46. The Morgan fingerprint density at radius 2 is 2.05 bits per heavy atom. The number of hydrogen-bond acceptors (Lipinski definition) is 4. The lowest BCUT2D eigenvalue weighted by Gasteiger charge is -2.12. The van der Waals surface area contributed by atoms with Crippen molar-refractivity contribution in [2.24, 2.45) is 5.73 Å². The molecule has 124 valence electrons. The van der Waals surface area contributed by atoms with E-state index in [0.29, 0.717) is 31.0 Å². The van der Waals surface area contributed by atoms with Crippen molar-refractivity contribution in [2.45, 2.75) is 30.8 Å². The summed E-state index contributed by atoms with van der Waals surface area (Å²) in [6.07, 6.45) is 1.13. The van der Waals surface area contributed by atoms with Crippen LogP contribution in [-0.4, -0.2) is 41.2 Å². The van der Waals surface area contributed by atoms with E-state index in [1.165, 1.54) is 0 Å². The molecule has 0 saturated carbocycles. The molecule has 0 spiro atoms. The second-order valence-electron chi connectivity index (χ2n) is 5.12. The van der Waals surface area contributed by atoms with Gasteiger partial charge in [0.25, 0.3) is 0 Å². The van der Waals surface area contributed by atoms with Crippen LogP contribution in [0.3, 0.4) is 0 Å². The van der Waals surface area contributed by atoms with E-state index < -0.39 is 16.9 Å². The van der Waals surface area contributed by atoms with Crippen molar-refractivity contribution in [3.63, 3.8) is 0 Å². The van der Waals surface area contributed by atoms with Gasteiger partial charge in [0, 0.05) is 35.4 Å². The molecular formula is C15H23ClN2O3S. The molecule has 2 rings (SSSR count). The number of nitrogens with two attached hydrogens (primary N) is 1. The summed E-state index contributed by atoms with van der Waals surface area (Å²) in [5.41, 5.74) is 6.56. The highest BCUT2D eigenvalue weighted by Gasteiger charge is 2.29. The van der Waals surface area contributed by atoms with Gasteiger partial charge in [0.05, 0.1) is 6.10 Å². The van der Waals surface area contributed by atoms with E-state index in [9.17, 15) is 9.00 Å². The highest BCUT2D eigenvalue weighted by molar-refractivity contribution is 7.84. The van der Waals surface area contributed by atoms with Gasteiger partial charge >= 0.3 is 0 Å². The van der Waals surface area contributed by atoms with Crippen LogP contribution in [0.2, 0.25) is 0 Å². The Morgan fingerprint density at radius 1 is 1.32 bits per heavy atom. The number of amides is 1. The van der Waals surface area contributed by atoms with Gasteiger partial charge in [-0.2, -0.15) is 0 Å². The summed E-state index contributed by atoms with van der Waals surface area (Å²) in [4.78, 5) is 11.9. The van der Waals surface area contributed by atoms with Crippen molar-refractivity contribution in [1.82, 2.24) is 5.32 Å². The zero-order chi connectivity index (χ0) is 15.1. The summed E-state index contributed by atoms with van der Waals surface area (Å²) >= 11 is 0. The zero-order valence-electron chi connectivity index (χ0n) is 12.4. The Bertz CT molecular complexity index is 487. The van der Waals surface area contributed by atoms with Crippen molar-refractivity contribution in [3.8, 4) is 0 Å². The number of hydrogen-bond donors (Lipinski definition) is 2. The van der Waals surface area contributed by atoms with Gasteiger partial charge in [0.2, 0.25) is 5.91 Å². The first kappa shape index (κ1) is 19.1. The molecule has 0 radical (unpaired) electrons. The molecule has 1 aromatic carbocycles. The van der Waals surface area contributed by atoms with Gasteiger partial charge < -0.3 is 15.8 Å². The molecule has 1 aliphatic heterocycles. The molecule has 3 N–H and O–H groups in total. The van der Waals surface area contributed by atoms with Gasteiger partial charge in [-0.25, -0.2) is 0 Å². The second-order valence-corrected chi connectivity index (χ2v) is 6.70. The van der Waals surface area contributed by atoms with Crippen LogP contribution in [0.25, 0.3) is 0 Å². The van der Waals surface area contributed by atoms with Crippen molar-refractivity contribution in [3.05, 3.63) is 35.9 Å². The maximum atomic E-state index is 11.9. The van der Waals surface area contributed by atoms with Crippen molar-refractivity contribution < 1.29 is 13.7 Å². The Morgan fingerprint density at radius 3 is 2.68 bits per heavy atom. The van der Waals surface area contributed by atoms with E-state index in [1.54, 1.807) is 0 Å². The molecule has 1 unspecified atom stereocenters. The van der Waals surface area contributed by atoms with Crippen LogP contribution < -0.4 is 11.1 Å². The minimum absolute atomic E-state index is 0. The Labute approximate surface area is 139 Å². The third-order valence-corrected chi connectivity index (χ3v) is 4.78. The fourth-order valence-electron chi connectivity index (χ4n) is 2.31. The number of carbonyl (C=O) groups excluding carboxylic acids is 1. The minimum Gasteiger partial charge on any atom is -0.364 e. The summed E-state index contributed by atoms with van der Waals surface area (Å²) in [6, 6.07) is 9.70. The Hall–Kier alpha value is -0.950. The SMILES string of the molecule is Cl.NC[C@H]1CC[C@@H](C(=O)NCCS(=O)Cc2ccccc2)O1. The fourth-order valence-corrected chi connectivity index (χ4v) is 3.34. The van der Waals surface area contributed by atoms with Crippen LogP contribution in [-0.2, 0) is 26.1 Å². The molecule has 0 aromatic heterocycles. The van der Waals surface area contributed by atoms with Crippen LogP contribution in [0.4, 0.5) is 0 Å². The summed E-state index contributed by atoms with van der Waals surface area (Å²) in [6.45, 7) is 0.857. The van der Waals surface area contributed by atoms with Crippen LogP contribution in [0.15, 0.2) is 30.3 Å². The maximum absolute atomic E-state index is 11.9. The van der Waals surface area contributed by atoms with Gasteiger partial charge in [-0.05, 0) is 18.4 Å². The van der Waals surface area contributed by atoms with Gasteiger partial charge in [-0.15, -0.1) is 12.4 Å². The maximum Gasteiger partial charge on any atom is 0.249 e. The number of nitrogens with one attached hydrogen (secondary N) is 1. The second kappa shape index (κ2) is 9.94. The lowest BCUT2D eigenvalue weighted by molar-refractivity contribution is -0.131. The lowest BCUT2D eigenvalue weighted by atomic mass is 10.2. The topological polar surface area (TPSA) is 81.4 Å². The molecule has 1 heterocycles. The molecule has 0 aliphatic carbocycles. The minimum atomic E-state index is -0.973. The Kier molecular flexibility index (Phi) is 8.63. The first-order chi connectivity index (χ1) is 10.2. The van der Waals surface area contributed by atoms with E-state index >= 15 is 0 Å². The van der Waals surface area contributed by atoms with Crippen LogP contribution in [0.1, 0.15) is 18.4 Å². The average molecular weight is 347 g/mol. The smallest absolute Gasteiger partial charge is 0.249 e. The lowest BCUT2D eigenvalue weighted by Crippen LogP contribution is -2.37. The van der Waals surface area contributed by atoms with Gasteiger partial charge in [0.1, 0.15) is 6.10 Å². The standard InChI is InChI=1S/C15H22N2O3S.ClH/c16-10-13-6-7-14(20-13)15(18)17-8-9-21(19)11-12-4-2-1-3-5-12;/h1-5,13-14H,6-11,16H2,(H,17,18);1H/t13-,14+,21?;/m1./s1. The largest absolute Gasteiger partial charge is 0.364 e. The molecule has 1 aromatic rings. The van der Waals surface area contributed by atoms with E-state index in [2.05, 4.69) is 5.32 Å². The van der Waals surface area contributed by atoms with Crippen molar-refractivity contribution in [2.75, 3.05) is 18.8 Å². The summed E-state index contributed by atoms with van der Waals surface area (Å²) in [5, 5.41) is 2.79. The molecule has 1 aliphatic rings. The normalized spacial score (nSPS) is 21.9. The molecule has 3 atom stereocenters. The van der Waals surface area contributed by atoms with E-state index in [1.807, 2.05) is 30.3 Å². The molecular weight excluding hydrogens is 324 g/mol. The molecule has 1 fully saturated rings. The Balaban J connectivity index is 0.00000242. The first-order valence-electron chi connectivity index (χ1n) is 7.21. The predicted octanol–water partition coefficient (Wildman–Crippen LogP) is 0.980. The van der Waals surface area contributed by atoms with Crippen LogP contribution in [0, 0.1) is 0 Å². The average Bonchev–Trinajstić information content (AvgIpc) is 2.97. The molecule has 22 heavy (non-hydrogen) atoms. The summed E-state index contributed by atoms with van der Waals surface area (Å²) < 4.78 is 17.4. The molecule has 1 saturated heterocycles. The molecule has 5 nitrogen and oxygen atoms in total. The predicted molar refractivity (Wildman–Crippen MR) is 90.4 cm³/mol.